The molecule has 26 heavy (non-hydrogen) atoms. The fourth-order valence-corrected chi connectivity index (χ4v) is 4.19. The molecule has 0 saturated heterocycles. The standard InChI is InChI=1S/C19H20FN3OS2/c1-22(2)10-11-23(18(24)14-6-4-5-7-16(14)25-3)19-21-15-9-8-13(20)12-17(15)26-19/h4-9,12H,10-11H2,1-3H3/p+1. The minimum atomic E-state index is -0.295. The number of likely N-dealkylation sites (N-methyl/N-ethyl adjacent to an activating group) is 1. The first-order chi connectivity index (χ1) is 12.5. The summed E-state index contributed by atoms with van der Waals surface area (Å²) in [5, 5.41) is 0.604. The van der Waals surface area contributed by atoms with Crippen molar-refractivity contribution >= 4 is 44.4 Å². The van der Waals surface area contributed by atoms with E-state index in [0.29, 0.717) is 22.8 Å². The van der Waals surface area contributed by atoms with E-state index in [1.165, 1.54) is 28.4 Å². The molecule has 1 N–H and O–H groups in total. The van der Waals surface area contributed by atoms with E-state index < -0.39 is 0 Å². The quantitative estimate of drug-likeness (QED) is 0.658. The molecular weight excluding hydrogens is 369 g/mol. The van der Waals surface area contributed by atoms with Gasteiger partial charge in [-0.2, -0.15) is 0 Å². The highest BCUT2D eigenvalue weighted by molar-refractivity contribution is 7.98. The Morgan fingerprint density at radius 1 is 1.27 bits per heavy atom. The Bertz CT molecular complexity index is 926. The second kappa shape index (κ2) is 8.16. The molecule has 0 atom stereocenters. The molecule has 2 aromatic carbocycles. The third-order valence-electron chi connectivity index (χ3n) is 3.99. The van der Waals surface area contributed by atoms with E-state index in [-0.39, 0.29) is 11.7 Å². The molecule has 0 saturated carbocycles. The molecule has 0 aliphatic heterocycles. The summed E-state index contributed by atoms with van der Waals surface area (Å²) < 4.78 is 14.3. The van der Waals surface area contributed by atoms with E-state index in [2.05, 4.69) is 4.98 Å². The molecule has 7 heteroatoms. The number of amides is 1. The SMILES string of the molecule is CSc1ccccc1C(=O)N(CC[NH+](C)C)c1nc2ccc(F)cc2s1. The predicted molar refractivity (Wildman–Crippen MR) is 107 cm³/mol. The fourth-order valence-electron chi connectivity index (χ4n) is 2.59. The molecule has 1 aromatic heterocycles. The van der Waals surface area contributed by atoms with Crippen molar-refractivity contribution in [3.05, 3.63) is 53.8 Å². The molecular formula is C19H21FN3OS2+. The summed E-state index contributed by atoms with van der Waals surface area (Å²) in [6.07, 6.45) is 1.96. The van der Waals surface area contributed by atoms with Crippen molar-refractivity contribution in [3.63, 3.8) is 0 Å². The second-order valence-electron chi connectivity index (χ2n) is 6.22. The molecule has 1 heterocycles. The molecule has 3 aromatic rings. The van der Waals surface area contributed by atoms with Gasteiger partial charge in [-0.05, 0) is 36.6 Å². The average Bonchev–Trinajstić information content (AvgIpc) is 3.04. The molecule has 4 nitrogen and oxygen atoms in total. The van der Waals surface area contributed by atoms with Gasteiger partial charge in [0.2, 0.25) is 0 Å². The highest BCUT2D eigenvalue weighted by atomic mass is 32.2. The Morgan fingerprint density at radius 2 is 2.04 bits per heavy atom. The highest BCUT2D eigenvalue weighted by Gasteiger charge is 2.24. The number of nitrogens with one attached hydrogen (secondary N) is 1. The summed E-state index contributed by atoms with van der Waals surface area (Å²) in [6.45, 7) is 1.34. The van der Waals surface area contributed by atoms with E-state index in [1.807, 2.05) is 44.6 Å². The van der Waals surface area contributed by atoms with Crippen molar-refractivity contribution in [1.29, 1.82) is 0 Å². The molecule has 0 spiro atoms. The van der Waals surface area contributed by atoms with Gasteiger partial charge >= 0.3 is 0 Å². The lowest BCUT2D eigenvalue weighted by Gasteiger charge is -2.21. The maximum atomic E-state index is 13.5. The number of fused-ring (bicyclic) bond motifs is 1. The molecule has 0 fully saturated rings. The number of thiazole rings is 1. The Balaban J connectivity index is 2.01. The maximum Gasteiger partial charge on any atom is 0.261 e. The number of rotatable bonds is 6. The Kier molecular flexibility index (Phi) is 5.90. The molecule has 136 valence electrons. The van der Waals surface area contributed by atoms with E-state index in [9.17, 15) is 9.18 Å². The first-order valence-electron chi connectivity index (χ1n) is 8.29. The van der Waals surface area contributed by atoms with Crippen LogP contribution in [0, 0.1) is 5.82 Å². The molecule has 3 rings (SSSR count). The summed E-state index contributed by atoms with van der Waals surface area (Å²) in [7, 11) is 4.10. The summed E-state index contributed by atoms with van der Waals surface area (Å²) in [4.78, 5) is 21.7. The van der Waals surface area contributed by atoms with Crippen LogP contribution in [0.15, 0.2) is 47.4 Å². The van der Waals surface area contributed by atoms with Crippen molar-refractivity contribution in [2.75, 3.05) is 38.3 Å². The van der Waals surface area contributed by atoms with Gasteiger partial charge in [-0.3, -0.25) is 9.69 Å². The average molecular weight is 391 g/mol. The van der Waals surface area contributed by atoms with Gasteiger partial charge < -0.3 is 4.90 Å². The van der Waals surface area contributed by atoms with Crippen LogP contribution in [0.2, 0.25) is 0 Å². The van der Waals surface area contributed by atoms with Crippen LogP contribution in [-0.4, -0.2) is 44.3 Å². The van der Waals surface area contributed by atoms with Crippen molar-refractivity contribution in [2.45, 2.75) is 4.90 Å². The van der Waals surface area contributed by atoms with Gasteiger partial charge in [-0.15, -0.1) is 11.8 Å². The molecule has 0 radical (unpaired) electrons. The van der Waals surface area contributed by atoms with Crippen LogP contribution in [0.4, 0.5) is 9.52 Å². The number of quaternary nitrogens is 1. The zero-order valence-corrected chi connectivity index (χ0v) is 16.6. The fraction of sp³-hybridized carbons (Fsp3) is 0.263. The van der Waals surface area contributed by atoms with Crippen LogP contribution in [0.5, 0.6) is 0 Å². The molecule has 0 aliphatic carbocycles. The number of anilines is 1. The van der Waals surface area contributed by atoms with Crippen LogP contribution in [0.3, 0.4) is 0 Å². The summed E-state index contributed by atoms with van der Waals surface area (Å²) in [6, 6.07) is 12.1. The van der Waals surface area contributed by atoms with Gasteiger partial charge in [0.05, 0.1) is 43.0 Å². The zero-order chi connectivity index (χ0) is 18.7. The third-order valence-corrected chi connectivity index (χ3v) is 5.83. The molecule has 0 unspecified atom stereocenters. The third kappa shape index (κ3) is 4.06. The number of carbonyl (C=O) groups excluding carboxylic acids is 1. The number of halogens is 1. The van der Waals surface area contributed by atoms with Gasteiger partial charge in [0.15, 0.2) is 5.13 Å². The van der Waals surface area contributed by atoms with E-state index in [0.717, 1.165) is 16.1 Å². The summed E-state index contributed by atoms with van der Waals surface area (Å²) in [5.74, 6) is -0.369. The number of hydrogen-bond acceptors (Lipinski definition) is 4. The van der Waals surface area contributed by atoms with Gasteiger partial charge in [0.1, 0.15) is 5.82 Å². The number of carbonyl (C=O) groups is 1. The lowest BCUT2D eigenvalue weighted by molar-refractivity contribution is -0.856. The van der Waals surface area contributed by atoms with E-state index in [1.54, 1.807) is 22.7 Å². The van der Waals surface area contributed by atoms with E-state index >= 15 is 0 Å². The maximum absolute atomic E-state index is 13.5. The largest absolute Gasteiger partial charge is 0.338 e. The molecule has 0 bridgehead atoms. The second-order valence-corrected chi connectivity index (χ2v) is 8.08. The van der Waals surface area contributed by atoms with Crippen LogP contribution < -0.4 is 9.80 Å². The number of thioether (sulfide) groups is 1. The lowest BCUT2D eigenvalue weighted by Crippen LogP contribution is -3.06. The smallest absolute Gasteiger partial charge is 0.261 e. The van der Waals surface area contributed by atoms with Crippen molar-refractivity contribution in [2.24, 2.45) is 0 Å². The Morgan fingerprint density at radius 3 is 2.77 bits per heavy atom. The number of aromatic nitrogens is 1. The summed E-state index contributed by atoms with van der Waals surface area (Å²) >= 11 is 2.89. The number of hydrogen-bond donors (Lipinski definition) is 1. The zero-order valence-electron chi connectivity index (χ0n) is 15.0. The van der Waals surface area contributed by atoms with Crippen molar-refractivity contribution in [3.8, 4) is 0 Å². The predicted octanol–water partition coefficient (Wildman–Crippen LogP) is 2.95. The lowest BCUT2D eigenvalue weighted by atomic mass is 10.2. The number of nitrogens with zero attached hydrogens (tertiary/aromatic N) is 2. The Labute approximate surface area is 160 Å². The van der Waals surface area contributed by atoms with Crippen LogP contribution in [0.1, 0.15) is 10.4 Å². The van der Waals surface area contributed by atoms with E-state index in [4.69, 9.17) is 0 Å². The van der Waals surface area contributed by atoms with Gasteiger partial charge in [0, 0.05) is 4.90 Å². The van der Waals surface area contributed by atoms with Crippen LogP contribution in [0.25, 0.3) is 10.2 Å². The first kappa shape index (κ1) is 18.8. The highest BCUT2D eigenvalue weighted by Crippen LogP contribution is 2.31. The Hall–Kier alpha value is -1.96. The van der Waals surface area contributed by atoms with Crippen molar-refractivity contribution < 1.29 is 14.1 Å². The molecule has 0 aliphatic rings. The van der Waals surface area contributed by atoms with Gasteiger partial charge in [0.25, 0.3) is 5.91 Å². The normalized spacial score (nSPS) is 11.3. The van der Waals surface area contributed by atoms with Crippen LogP contribution >= 0.6 is 23.1 Å². The summed E-state index contributed by atoms with van der Waals surface area (Å²) in [5.41, 5.74) is 1.37. The minimum absolute atomic E-state index is 0.0734. The number of benzene rings is 2. The topological polar surface area (TPSA) is 37.6 Å². The minimum Gasteiger partial charge on any atom is -0.338 e. The monoisotopic (exact) mass is 390 g/mol. The van der Waals surface area contributed by atoms with Gasteiger partial charge in [-0.1, -0.05) is 23.5 Å². The molecule has 1 amide bonds. The van der Waals surface area contributed by atoms with Crippen molar-refractivity contribution in [1.82, 2.24) is 4.98 Å². The van der Waals surface area contributed by atoms with Gasteiger partial charge in [-0.25, -0.2) is 9.37 Å². The first-order valence-corrected chi connectivity index (χ1v) is 10.3. The van der Waals surface area contributed by atoms with Crippen LogP contribution in [-0.2, 0) is 0 Å².